The van der Waals surface area contributed by atoms with Gasteiger partial charge in [-0.05, 0) is 31.0 Å². The van der Waals surface area contributed by atoms with E-state index in [0.717, 1.165) is 37.7 Å². The topological polar surface area (TPSA) is 53.9 Å². The zero-order valence-corrected chi connectivity index (χ0v) is 15.7. The maximum absolute atomic E-state index is 11.7. The quantitative estimate of drug-likeness (QED) is 0.670. The summed E-state index contributed by atoms with van der Waals surface area (Å²) in [7, 11) is -2.77. The summed E-state index contributed by atoms with van der Waals surface area (Å²) in [6, 6.07) is 0.837. The number of hydrogen-bond acceptors (Lipinski definition) is 3. The van der Waals surface area contributed by atoms with Crippen molar-refractivity contribution in [3.8, 4) is 0 Å². The molecule has 0 spiro atoms. The minimum Gasteiger partial charge on any atom is -0.360 e. The number of sulfone groups is 1. The summed E-state index contributed by atoms with van der Waals surface area (Å²) in [5, 5.41) is 4.49. The third-order valence-corrected chi connectivity index (χ3v) is 8.07. The molecule has 0 aromatic rings. The average molecular weight is 361 g/mol. The number of thiocarbonyl (C=S) groups is 1. The van der Waals surface area contributed by atoms with Gasteiger partial charge in [0.05, 0.1) is 31.9 Å². The second-order valence-electron chi connectivity index (χ2n) is 7.56. The smallest absolute Gasteiger partial charge is 0.169 e. The predicted molar refractivity (Wildman–Crippen MR) is 96.5 cm³/mol. The summed E-state index contributed by atoms with van der Waals surface area (Å²) in [6.07, 6.45) is 6.01. The van der Waals surface area contributed by atoms with Gasteiger partial charge in [0.15, 0.2) is 14.9 Å². The average Bonchev–Trinajstić information content (AvgIpc) is 2.90. The third kappa shape index (κ3) is 4.37. The molecule has 0 bridgehead atoms. The van der Waals surface area contributed by atoms with Gasteiger partial charge in [0.25, 0.3) is 0 Å². The Morgan fingerprint density at radius 3 is 2.48 bits per heavy atom. The largest absolute Gasteiger partial charge is 0.360 e. The lowest BCUT2D eigenvalue weighted by atomic mass is 9.86. The Morgan fingerprint density at radius 1 is 1.17 bits per heavy atom. The van der Waals surface area contributed by atoms with E-state index in [4.69, 9.17) is 12.2 Å². The van der Waals surface area contributed by atoms with Crippen molar-refractivity contribution in [2.24, 2.45) is 5.92 Å². The van der Waals surface area contributed by atoms with E-state index < -0.39 is 9.84 Å². The maximum atomic E-state index is 11.7. The molecule has 2 aliphatic heterocycles. The summed E-state index contributed by atoms with van der Waals surface area (Å²) in [4.78, 5) is 3.74. The van der Waals surface area contributed by atoms with E-state index in [1.807, 2.05) is 0 Å². The minimum absolute atomic E-state index is 0.307. The lowest BCUT2D eigenvalue weighted by Gasteiger charge is -2.38. The van der Waals surface area contributed by atoms with E-state index in [9.17, 15) is 8.42 Å². The molecule has 132 valence electrons. The van der Waals surface area contributed by atoms with Crippen LogP contribution in [0.4, 0.5) is 0 Å². The van der Waals surface area contributed by atoms with Gasteiger partial charge in [-0.15, -0.1) is 0 Å². The zero-order valence-electron chi connectivity index (χ0n) is 14.1. The summed E-state index contributed by atoms with van der Waals surface area (Å²) in [5.74, 6) is 1.46. The van der Waals surface area contributed by atoms with Gasteiger partial charge in [-0.3, -0.25) is 0 Å². The van der Waals surface area contributed by atoms with Crippen molar-refractivity contribution in [3.05, 3.63) is 0 Å². The lowest BCUT2D eigenvalue weighted by molar-refractivity contribution is -0.925. The van der Waals surface area contributed by atoms with Crippen LogP contribution in [0.1, 0.15) is 39.0 Å². The maximum Gasteiger partial charge on any atom is 0.169 e. The Balaban J connectivity index is 1.46. The molecular weight excluding hydrogens is 330 g/mol. The van der Waals surface area contributed by atoms with Crippen LogP contribution in [0.3, 0.4) is 0 Å². The first-order chi connectivity index (χ1) is 10.9. The van der Waals surface area contributed by atoms with Crippen LogP contribution >= 0.6 is 12.2 Å². The molecular formula is C16H30N3O2S2+. The van der Waals surface area contributed by atoms with Crippen LogP contribution in [0.2, 0.25) is 0 Å². The minimum atomic E-state index is -2.77. The fraction of sp³-hybridized carbons (Fsp3) is 0.938. The molecule has 3 rings (SSSR count). The molecule has 3 atom stereocenters. The van der Waals surface area contributed by atoms with E-state index in [-0.39, 0.29) is 0 Å². The second kappa shape index (κ2) is 7.23. The van der Waals surface area contributed by atoms with Gasteiger partial charge >= 0.3 is 0 Å². The molecule has 5 nitrogen and oxygen atoms in total. The van der Waals surface area contributed by atoms with E-state index in [1.54, 1.807) is 0 Å². The van der Waals surface area contributed by atoms with Crippen molar-refractivity contribution in [3.63, 3.8) is 0 Å². The van der Waals surface area contributed by atoms with Crippen LogP contribution in [0.15, 0.2) is 0 Å². The molecule has 3 fully saturated rings. The molecule has 2 heterocycles. The Labute approximate surface area is 145 Å². The van der Waals surface area contributed by atoms with E-state index in [2.05, 4.69) is 17.1 Å². The first-order valence-corrected chi connectivity index (χ1v) is 11.3. The summed E-state index contributed by atoms with van der Waals surface area (Å²) < 4.78 is 23.3. The molecule has 7 heteroatoms. The van der Waals surface area contributed by atoms with E-state index >= 15 is 0 Å². The van der Waals surface area contributed by atoms with Crippen LogP contribution in [0.5, 0.6) is 0 Å². The molecule has 0 aromatic heterocycles. The normalized spacial score (nSPS) is 35.2. The summed E-state index contributed by atoms with van der Waals surface area (Å²) >= 11 is 5.63. The van der Waals surface area contributed by atoms with Gasteiger partial charge in [0.2, 0.25) is 0 Å². The van der Waals surface area contributed by atoms with Crippen LogP contribution in [-0.2, 0) is 9.84 Å². The Morgan fingerprint density at radius 2 is 1.87 bits per heavy atom. The molecule has 2 N–H and O–H groups in total. The monoisotopic (exact) mass is 360 g/mol. The molecule has 0 radical (unpaired) electrons. The van der Waals surface area contributed by atoms with Crippen LogP contribution in [0.25, 0.3) is 0 Å². The van der Waals surface area contributed by atoms with Crippen LogP contribution < -0.4 is 10.2 Å². The predicted octanol–water partition coefficient (Wildman–Crippen LogP) is -0.173. The molecule has 0 unspecified atom stereocenters. The highest BCUT2D eigenvalue weighted by atomic mass is 32.2. The van der Waals surface area contributed by atoms with Gasteiger partial charge in [-0.25, -0.2) is 8.42 Å². The highest BCUT2D eigenvalue weighted by Crippen LogP contribution is 2.23. The van der Waals surface area contributed by atoms with E-state index in [0.29, 0.717) is 29.5 Å². The SMILES string of the molecule is C[C@H]1CCCC[C@H]1NC(=S)N1CC[NH+]([C@@H]2CCS(=O)(=O)C2)CC1. The third-order valence-electron chi connectivity index (χ3n) is 5.92. The number of quaternary nitrogens is 1. The number of nitrogens with one attached hydrogen (secondary N) is 2. The first-order valence-electron chi connectivity index (χ1n) is 9.05. The van der Waals surface area contributed by atoms with E-state index in [1.165, 1.54) is 30.6 Å². The van der Waals surface area contributed by atoms with Gasteiger partial charge < -0.3 is 15.1 Å². The van der Waals surface area contributed by atoms with Gasteiger partial charge in [-0.2, -0.15) is 0 Å². The van der Waals surface area contributed by atoms with Crippen molar-refractivity contribution in [2.45, 2.75) is 51.1 Å². The van der Waals surface area contributed by atoms with Gasteiger partial charge in [0.1, 0.15) is 11.8 Å². The summed E-state index contributed by atoms with van der Waals surface area (Å²) in [5.41, 5.74) is 0. The van der Waals surface area contributed by atoms with Gasteiger partial charge in [-0.1, -0.05) is 19.8 Å². The Kier molecular flexibility index (Phi) is 5.48. The molecule has 0 aromatic carbocycles. The van der Waals surface area contributed by atoms with Crippen molar-refractivity contribution < 1.29 is 13.3 Å². The number of piperazine rings is 1. The van der Waals surface area contributed by atoms with Crippen molar-refractivity contribution in [2.75, 3.05) is 37.7 Å². The van der Waals surface area contributed by atoms with Crippen molar-refractivity contribution >= 4 is 27.2 Å². The Hall–Kier alpha value is -0.400. The second-order valence-corrected chi connectivity index (χ2v) is 10.2. The number of nitrogens with zero attached hydrogens (tertiary/aromatic N) is 1. The molecule has 3 aliphatic rings. The first kappa shape index (κ1) is 17.4. The van der Waals surface area contributed by atoms with Crippen LogP contribution in [0, 0.1) is 5.92 Å². The van der Waals surface area contributed by atoms with Crippen molar-refractivity contribution in [1.82, 2.24) is 10.2 Å². The zero-order chi connectivity index (χ0) is 16.4. The number of rotatable bonds is 2. The van der Waals surface area contributed by atoms with Crippen molar-refractivity contribution in [1.29, 1.82) is 0 Å². The molecule has 1 aliphatic carbocycles. The molecule has 0 amide bonds. The molecule has 23 heavy (non-hydrogen) atoms. The number of hydrogen-bond donors (Lipinski definition) is 2. The lowest BCUT2D eigenvalue weighted by Crippen LogP contribution is -3.18. The standard InChI is InChI=1S/C16H29N3O2S2/c1-13-4-2-3-5-15(13)17-16(22)19-9-7-18(8-10-19)14-6-11-23(20,21)12-14/h13-15H,2-12H2,1H3,(H,17,22)/p+1/t13-,14+,15+/m0/s1. The molecule has 2 saturated heterocycles. The fourth-order valence-electron chi connectivity index (χ4n) is 4.30. The van der Waals surface area contributed by atoms with Crippen LogP contribution in [-0.4, -0.2) is 68.2 Å². The highest BCUT2D eigenvalue weighted by molar-refractivity contribution is 7.91. The molecule has 1 saturated carbocycles. The highest BCUT2D eigenvalue weighted by Gasteiger charge is 2.37. The van der Waals surface area contributed by atoms with Gasteiger partial charge in [0, 0.05) is 12.5 Å². The summed E-state index contributed by atoms with van der Waals surface area (Å²) in [6.45, 7) is 6.21. The Bertz CT molecular complexity index is 529. The fourth-order valence-corrected chi connectivity index (χ4v) is 6.46.